The van der Waals surface area contributed by atoms with E-state index in [9.17, 15) is 0 Å². The Labute approximate surface area is 56.2 Å². The normalized spacial score (nSPS) is 21.2. The van der Waals surface area contributed by atoms with Gasteiger partial charge in [-0.15, -0.1) is 6.42 Å². The van der Waals surface area contributed by atoms with Gasteiger partial charge in [0.05, 0.1) is 6.54 Å². The Morgan fingerprint density at radius 1 is 1.44 bits per heavy atom. The first-order chi connectivity index (χ1) is 4.43. The van der Waals surface area contributed by atoms with E-state index in [0.717, 1.165) is 32.7 Å². The van der Waals surface area contributed by atoms with E-state index in [0.29, 0.717) is 0 Å². The summed E-state index contributed by atoms with van der Waals surface area (Å²) in [7, 11) is 0. The van der Waals surface area contributed by atoms with Gasteiger partial charge in [0, 0.05) is 26.2 Å². The van der Waals surface area contributed by atoms with E-state index in [4.69, 9.17) is 6.42 Å². The predicted octanol–water partition coefficient (Wildman–Crippen LogP) is -0.460. The third-order valence-corrected chi connectivity index (χ3v) is 1.46. The van der Waals surface area contributed by atoms with E-state index < -0.39 is 0 Å². The van der Waals surface area contributed by atoms with Crippen LogP contribution < -0.4 is 5.32 Å². The van der Waals surface area contributed by atoms with Gasteiger partial charge < -0.3 is 0 Å². The molecule has 1 aliphatic heterocycles. The van der Waals surface area contributed by atoms with E-state index in [1.54, 1.807) is 0 Å². The first-order valence-corrected chi connectivity index (χ1v) is 3.22. The molecule has 1 radical (unpaired) electrons. The van der Waals surface area contributed by atoms with Crippen molar-refractivity contribution in [3.63, 3.8) is 0 Å². The molecule has 0 spiro atoms. The van der Waals surface area contributed by atoms with Crippen molar-refractivity contribution in [2.45, 2.75) is 0 Å². The van der Waals surface area contributed by atoms with E-state index in [2.05, 4.69) is 16.1 Å². The van der Waals surface area contributed by atoms with E-state index in [1.807, 2.05) is 0 Å². The lowest BCUT2D eigenvalue weighted by molar-refractivity contribution is 0.265. The molecule has 0 aromatic heterocycles. The summed E-state index contributed by atoms with van der Waals surface area (Å²) in [4.78, 5) is 2.24. The maximum Gasteiger partial charge on any atom is 0.0599 e. The van der Waals surface area contributed by atoms with Crippen molar-refractivity contribution < 1.29 is 0 Å². The summed E-state index contributed by atoms with van der Waals surface area (Å²) < 4.78 is 0. The Morgan fingerprint density at radius 3 is 2.67 bits per heavy atom. The van der Waals surface area contributed by atoms with Crippen LogP contribution in [0.2, 0.25) is 0 Å². The summed E-state index contributed by atoms with van der Waals surface area (Å²) >= 11 is 0. The first kappa shape index (κ1) is 6.60. The molecule has 0 aromatic rings. The molecule has 0 atom stereocenters. The molecule has 2 nitrogen and oxygen atoms in total. The first-order valence-electron chi connectivity index (χ1n) is 3.22. The van der Waals surface area contributed by atoms with Crippen molar-refractivity contribution in [3.8, 4) is 12.3 Å². The van der Waals surface area contributed by atoms with Crippen LogP contribution >= 0.6 is 0 Å². The minimum absolute atomic E-state index is 0.787. The molecule has 0 aromatic carbocycles. The van der Waals surface area contributed by atoms with Gasteiger partial charge in [-0.25, -0.2) is 5.32 Å². The summed E-state index contributed by atoms with van der Waals surface area (Å²) in [5.74, 6) is 2.62. The van der Waals surface area contributed by atoms with Gasteiger partial charge in [-0.05, 0) is 0 Å². The molecule has 9 heavy (non-hydrogen) atoms. The van der Waals surface area contributed by atoms with Gasteiger partial charge in [-0.2, -0.15) is 0 Å². The van der Waals surface area contributed by atoms with Gasteiger partial charge in [-0.3, -0.25) is 4.90 Å². The summed E-state index contributed by atoms with van der Waals surface area (Å²) in [6, 6.07) is 0. The quantitative estimate of drug-likeness (QED) is 0.431. The largest absolute Gasteiger partial charge is 0.290 e. The van der Waals surface area contributed by atoms with Gasteiger partial charge in [0.25, 0.3) is 0 Å². The van der Waals surface area contributed by atoms with Gasteiger partial charge >= 0.3 is 0 Å². The number of rotatable bonds is 1. The highest BCUT2D eigenvalue weighted by molar-refractivity contribution is 4.89. The second-order valence-electron chi connectivity index (χ2n) is 2.15. The van der Waals surface area contributed by atoms with Crippen molar-refractivity contribution in [1.82, 2.24) is 10.2 Å². The highest BCUT2D eigenvalue weighted by Crippen LogP contribution is 1.89. The Hall–Kier alpha value is -0.520. The molecule has 0 saturated carbocycles. The van der Waals surface area contributed by atoms with Crippen LogP contribution in [0.5, 0.6) is 0 Å². The Morgan fingerprint density at radius 2 is 2.11 bits per heavy atom. The van der Waals surface area contributed by atoms with E-state index >= 15 is 0 Å². The summed E-state index contributed by atoms with van der Waals surface area (Å²) in [5, 5.41) is 4.20. The van der Waals surface area contributed by atoms with Crippen LogP contribution in [0.25, 0.3) is 0 Å². The highest BCUT2D eigenvalue weighted by Gasteiger charge is 2.06. The molecule has 1 fully saturated rings. The van der Waals surface area contributed by atoms with E-state index in [1.165, 1.54) is 0 Å². The van der Waals surface area contributed by atoms with Crippen LogP contribution in [0, 0.1) is 12.3 Å². The molecule has 49 valence electrons. The Bertz CT molecular complexity index is 109. The Kier molecular flexibility index (Phi) is 2.56. The molecule has 0 amide bonds. The molecule has 1 aliphatic rings. The minimum Gasteiger partial charge on any atom is -0.290 e. The van der Waals surface area contributed by atoms with Crippen molar-refractivity contribution in [1.29, 1.82) is 0 Å². The van der Waals surface area contributed by atoms with Crippen LogP contribution in [-0.2, 0) is 0 Å². The lowest BCUT2D eigenvalue weighted by atomic mass is 10.4. The average Bonchev–Trinajstić information content (AvgIpc) is 1.91. The molecule has 0 N–H and O–H groups in total. The molecular weight excluding hydrogens is 112 g/mol. The average molecular weight is 123 g/mol. The lowest BCUT2D eigenvalue weighted by Gasteiger charge is -2.23. The zero-order valence-electron chi connectivity index (χ0n) is 5.51. The second-order valence-corrected chi connectivity index (χ2v) is 2.15. The van der Waals surface area contributed by atoms with Gasteiger partial charge in [0.2, 0.25) is 0 Å². The number of terminal acetylenes is 1. The maximum absolute atomic E-state index is 5.14. The topological polar surface area (TPSA) is 17.3 Å². The van der Waals surface area contributed by atoms with Crippen molar-refractivity contribution in [2.75, 3.05) is 32.7 Å². The SMILES string of the molecule is C#CCN1CC[N]CC1. The van der Waals surface area contributed by atoms with Crippen LogP contribution in [0.3, 0.4) is 0 Å². The molecule has 0 aliphatic carbocycles. The van der Waals surface area contributed by atoms with Gasteiger partial charge in [0.15, 0.2) is 0 Å². The minimum atomic E-state index is 0.787. The molecular formula is C7H11N2. The van der Waals surface area contributed by atoms with Crippen LogP contribution in [0.15, 0.2) is 0 Å². The number of piperazine rings is 1. The fourth-order valence-corrected chi connectivity index (χ4v) is 0.935. The standard InChI is InChI=1S/C7H11N2/c1-2-5-9-6-3-8-4-7-9/h1H,3-7H2. The van der Waals surface area contributed by atoms with Crippen molar-refractivity contribution in [3.05, 3.63) is 0 Å². The monoisotopic (exact) mass is 123 g/mol. The van der Waals surface area contributed by atoms with Crippen molar-refractivity contribution >= 4 is 0 Å². The molecule has 1 saturated heterocycles. The third-order valence-electron chi connectivity index (χ3n) is 1.46. The summed E-state index contributed by atoms with van der Waals surface area (Å²) in [6.45, 7) is 4.80. The summed E-state index contributed by atoms with van der Waals surface area (Å²) in [6.07, 6.45) is 5.14. The van der Waals surface area contributed by atoms with Gasteiger partial charge in [-0.1, -0.05) is 5.92 Å². The lowest BCUT2D eigenvalue weighted by Crippen LogP contribution is -2.40. The zero-order valence-corrected chi connectivity index (χ0v) is 5.51. The van der Waals surface area contributed by atoms with Crippen LogP contribution in [0.1, 0.15) is 0 Å². The predicted molar refractivity (Wildman–Crippen MR) is 37.1 cm³/mol. The fraction of sp³-hybridized carbons (Fsp3) is 0.714. The van der Waals surface area contributed by atoms with Crippen LogP contribution in [-0.4, -0.2) is 37.6 Å². The number of hydrogen-bond acceptors (Lipinski definition) is 1. The maximum atomic E-state index is 5.14. The number of hydrogen-bond donors (Lipinski definition) is 0. The summed E-state index contributed by atoms with van der Waals surface area (Å²) in [5.41, 5.74) is 0. The number of nitrogens with zero attached hydrogens (tertiary/aromatic N) is 2. The Balaban J connectivity index is 2.17. The van der Waals surface area contributed by atoms with Crippen molar-refractivity contribution in [2.24, 2.45) is 0 Å². The molecule has 1 heterocycles. The zero-order chi connectivity index (χ0) is 6.53. The van der Waals surface area contributed by atoms with Gasteiger partial charge in [0.1, 0.15) is 0 Å². The fourth-order valence-electron chi connectivity index (χ4n) is 0.935. The molecule has 0 bridgehead atoms. The highest BCUT2D eigenvalue weighted by atomic mass is 15.2. The second kappa shape index (κ2) is 3.49. The molecule has 0 unspecified atom stereocenters. The smallest absolute Gasteiger partial charge is 0.0599 e. The third kappa shape index (κ3) is 2.05. The molecule has 2 heteroatoms. The van der Waals surface area contributed by atoms with Crippen LogP contribution in [0.4, 0.5) is 0 Å². The molecule has 1 rings (SSSR count). The van der Waals surface area contributed by atoms with E-state index in [-0.39, 0.29) is 0 Å².